The largest absolute Gasteiger partial charge is 0.469 e. The molecule has 0 radical (unpaired) electrons. The Balaban J connectivity index is 1.63. The normalized spacial score (nSPS) is 17.2. The van der Waals surface area contributed by atoms with Crippen molar-refractivity contribution in [3.8, 4) is 28.5 Å². The van der Waals surface area contributed by atoms with Crippen LogP contribution in [-0.2, 0) is 20.5 Å². The van der Waals surface area contributed by atoms with Crippen molar-refractivity contribution in [3.63, 3.8) is 0 Å². The Morgan fingerprint density at radius 1 is 1.11 bits per heavy atom. The van der Waals surface area contributed by atoms with Crippen molar-refractivity contribution in [1.29, 1.82) is 5.26 Å². The Morgan fingerprint density at radius 3 is 2.66 bits per heavy atom. The molecule has 3 atom stereocenters. The van der Waals surface area contributed by atoms with Crippen molar-refractivity contribution >= 4 is 50.8 Å². The van der Waals surface area contributed by atoms with Crippen LogP contribution in [0, 0.1) is 17.2 Å². The molecule has 8 heteroatoms. The maximum atomic E-state index is 14.2. The van der Waals surface area contributed by atoms with Gasteiger partial charge in [0.15, 0.2) is 11.0 Å². The molecule has 3 aromatic carbocycles. The zero-order chi connectivity index (χ0) is 26.4. The predicted molar refractivity (Wildman–Crippen MR) is 152 cm³/mol. The van der Waals surface area contributed by atoms with Gasteiger partial charge in [0, 0.05) is 27.1 Å². The van der Waals surface area contributed by atoms with Gasteiger partial charge in [0.1, 0.15) is 10.9 Å². The zero-order valence-corrected chi connectivity index (χ0v) is 22.6. The van der Waals surface area contributed by atoms with E-state index in [2.05, 4.69) is 12.1 Å². The van der Waals surface area contributed by atoms with Crippen molar-refractivity contribution in [2.75, 3.05) is 7.11 Å². The topological polar surface area (TPSA) is 72.1 Å². The molecule has 2 heterocycles. The molecule has 1 aliphatic carbocycles. The lowest BCUT2D eigenvalue weighted by molar-refractivity contribution is -0.142. The third-order valence-corrected chi connectivity index (χ3v) is 9.39. The maximum Gasteiger partial charge on any atom is 0.309 e. The van der Waals surface area contributed by atoms with E-state index < -0.39 is 11.0 Å². The summed E-state index contributed by atoms with van der Waals surface area (Å²) in [4.78, 5) is 13.3. The van der Waals surface area contributed by atoms with Crippen LogP contribution in [0.4, 0.5) is 0 Å². The molecule has 1 aliphatic rings. The smallest absolute Gasteiger partial charge is 0.309 e. The van der Waals surface area contributed by atoms with Crippen molar-refractivity contribution in [2.24, 2.45) is 5.92 Å². The number of halogens is 1. The van der Waals surface area contributed by atoms with Gasteiger partial charge >= 0.3 is 5.97 Å². The summed E-state index contributed by atoms with van der Waals surface area (Å²) in [5, 5.41) is 13.3. The van der Waals surface area contributed by atoms with E-state index in [1.54, 1.807) is 24.3 Å². The Kier molecular flexibility index (Phi) is 6.40. The van der Waals surface area contributed by atoms with Crippen LogP contribution in [0.3, 0.4) is 0 Å². The van der Waals surface area contributed by atoms with Crippen LogP contribution < -0.4 is 0 Å². The summed E-state index contributed by atoms with van der Waals surface area (Å²) >= 11 is 7.50. The van der Waals surface area contributed by atoms with E-state index in [0.29, 0.717) is 14.8 Å². The molecule has 0 bridgehead atoms. The quantitative estimate of drug-likeness (QED) is 0.204. The molecular weight excluding hydrogens is 536 g/mol. The highest BCUT2D eigenvalue weighted by Gasteiger charge is 2.45. The van der Waals surface area contributed by atoms with Gasteiger partial charge in [-0.25, -0.2) is 4.21 Å². The van der Waals surface area contributed by atoms with Crippen molar-refractivity contribution in [3.05, 3.63) is 99.7 Å². The lowest BCUT2D eigenvalue weighted by Gasteiger charge is -2.14. The van der Waals surface area contributed by atoms with Crippen LogP contribution in [-0.4, -0.2) is 21.3 Å². The first kappa shape index (κ1) is 24.6. The second-order valence-electron chi connectivity index (χ2n) is 9.11. The molecule has 0 spiro atoms. The lowest BCUT2D eigenvalue weighted by Crippen LogP contribution is -2.07. The molecule has 1 saturated carbocycles. The fourth-order valence-electron chi connectivity index (χ4n) is 5.06. The monoisotopic (exact) mass is 556 g/mol. The van der Waals surface area contributed by atoms with Gasteiger partial charge < -0.3 is 4.74 Å². The highest BCUT2D eigenvalue weighted by Crippen LogP contribution is 2.50. The van der Waals surface area contributed by atoms with Gasteiger partial charge in [-0.05, 0) is 65.7 Å². The Labute approximate surface area is 231 Å². The minimum Gasteiger partial charge on any atom is -0.469 e. The average Bonchev–Trinajstić information content (AvgIpc) is 3.49. The molecule has 5 aromatic rings. The maximum absolute atomic E-state index is 14.2. The number of benzene rings is 3. The zero-order valence-electron chi connectivity index (χ0n) is 20.3. The number of hydrogen-bond donors (Lipinski definition) is 0. The van der Waals surface area contributed by atoms with Crippen LogP contribution >= 0.6 is 22.9 Å². The summed E-state index contributed by atoms with van der Waals surface area (Å²) in [6.07, 6.45) is 0.742. The van der Waals surface area contributed by atoms with E-state index in [4.69, 9.17) is 16.3 Å². The van der Waals surface area contributed by atoms with Gasteiger partial charge in [-0.2, -0.15) is 5.26 Å². The number of esters is 1. The highest BCUT2D eigenvalue weighted by atomic mass is 35.5. The number of hydrogen-bond acceptors (Lipinski definition) is 5. The summed E-state index contributed by atoms with van der Waals surface area (Å²) < 4.78 is 21.0. The third kappa shape index (κ3) is 4.15. The number of rotatable bonds is 6. The second-order valence-corrected chi connectivity index (χ2v) is 11.8. The number of carbonyl (C=O) groups excluding carboxylic acids is 1. The SMILES string of the molecule is COC(=O)C1CC1c1cccc(-c2c(-c3ccsc3C#N)c3ccccc3n2S(=O)c2ccc(Cl)cc2)c1. The molecule has 6 rings (SSSR count). The van der Waals surface area contributed by atoms with Crippen LogP contribution in [0.5, 0.6) is 0 Å². The summed E-state index contributed by atoms with van der Waals surface area (Å²) in [5.41, 5.74) is 5.11. The number of thiophene rings is 1. The first-order valence-corrected chi connectivity index (χ1v) is 14.4. The first-order valence-electron chi connectivity index (χ1n) is 12.0. The first-order chi connectivity index (χ1) is 18.5. The average molecular weight is 557 g/mol. The Morgan fingerprint density at radius 2 is 1.89 bits per heavy atom. The van der Waals surface area contributed by atoms with Crippen LogP contribution in [0.2, 0.25) is 5.02 Å². The van der Waals surface area contributed by atoms with E-state index in [1.807, 2.05) is 57.9 Å². The minimum atomic E-state index is -1.60. The van der Waals surface area contributed by atoms with E-state index >= 15 is 0 Å². The number of ether oxygens (including phenoxy) is 1. The predicted octanol–water partition coefficient (Wildman–Crippen LogP) is 7.41. The molecule has 2 aromatic heterocycles. The third-order valence-electron chi connectivity index (χ3n) is 6.93. The fourth-order valence-corrected chi connectivity index (χ4v) is 7.16. The van der Waals surface area contributed by atoms with Gasteiger partial charge in [-0.1, -0.05) is 48.0 Å². The van der Waals surface area contributed by atoms with Gasteiger partial charge in [-0.3, -0.25) is 8.77 Å². The number of nitrogens with zero attached hydrogens (tertiary/aromatic N) is 2. The van der Waals surface area contributed by atoms with E-state index in [-0.39, 0.29) is 17.8 Å². The molecular formula is C30H21ClN2O3S2. The number of para-hydroxylation sites is 1. The number of nitriles is 1. The van der Waals surface area contributed by atoms with Gasteiger partial charge in [0.05, 0.1) is 29.1 Å². The molecule has 188 valence electrons. The highest BCUT2D eigenvalue weighted by molar-refractivity contribution is 7.83. The number of fused-ring (bicyclic) bond motifs is 1. The van der Waals surface area contributed by atoms with E-state index in [9.17, 15) is 14.3 Å². The molecule has 38 heavy (non-hydrogen) atoms. The number of aromatic nitrogens is 1. The number of carbonyl (C=O) groups is 1. The van der Waals surface area contributed by atoms with Crippen molar-refractivity contribution in [1.82, 2.24) is 3.97 Å². The summed E-state index contributed by atoms with van der Waals surface area (Å²) in [6.45, 7) is 0. The van der Waals surface area contributed by atoms with Gasteiger partial charge in [0.25, 0.3) is 0 Å². The Bertz CT molecular complexity index is 1760. The standard InChI is InChI=1S/C30H21ClN2O3S2/c1-36-30(34)25-16-24(25)18-5-4-6-19(15-18)29-28(23-13-14-37-27(23)17-32)22-7-2-3-8-26(22)33(29)38(35)21-11-9-20(31)10-12-21/h2-15,24-25H,16H2,1H3. The van der Waals surface area contributed by atoms with Crippen LogP contribution in [0.1, 0.15) is 22.8 Å². The van der Waals surface area contributed by atoms with Gasteiger partial charge in [0.2, 0.25) is 0 Å². The molecule has 3 unspecified atom stereocenters. The summed E-state index contributed by atoms with van der Waals surface area (Å²) in [5.74, 6) is -0.261. The molecule has 0 amide bonds. The minimum absolute atomic E-state index is 0.0845. The number of methoxy groups -OCH3 is 1. The van der Waals surface area contributed by atoms with Gasteiger partial charge in [-0.15, -0.1) is 11.3 Å². The second kappa shape index (κ2) is 9.88. The van der Waals surface area contributed by atoms with Crippen LogP contribution in [0.15, 0.2) is 89.1 Å². The molecule has 5 nitrogen and oxygen atoms in total. The molecule has 0 aliphatic heterocycles. The van der Waals surface area contributed by atoms with Crippen molar-refractivity contribution in [2.45, 2.75) is 17.2 Å². The van der Waals surface area contributed by atoms with Crippen molar-refractivity contribution < 1.29 is 13.7 Å². The summed E-state index contributed by atoms with van der Waals surface area (Å²) in [7, 11) is -0.189. The van der Waals surface area contributed by atoms with E-state index in [0.717, 1.165) is 45.3 Å². The van der Waals surface area contributed by atoms with E-state index in [1.165, 1.54) is 18.4 Å². The fraction of sp³-hybridized carbons (Fsp3) is 0.133. The Hall–Kier alpha value is -3.70. The summed E-state index contributed by atoms with van der Waals surface area (Å²) in [6, 6.07) is 27.1. The molecule has 0 saturated heterocycles. The van der Waals surface area contributed by atoms with Crippen LogP contribution in [0.25, 0.3) is 33.3 Å². The molecule has 0 N–H and O–H groups in total. The lowest BCUT2D eigenvalue weighted by atomic mass is 9.97. The molecule has 1 fully saturated rings.